The molecule has 1 aliphatic rings. The quantitative estimate of drug-likeness (QED) is 0.749. The van der Waals surface area contributed by atoms with E-state index in [-0.39, 0.29) is 22.9 Å². The van der Waals surface area contributed by atoms with Crippen molar-refractivity contribution in [1.29, 1.82) is 0 Å². The predicted octanol–water partition coefficient (Wildman–Crippen LogP) is 4.46. The molecule has 1 atom stereocenters. The van der Waals surface area contributed by atoms with Crippen LogP contribution >= 0.6 is 0 Å². The van der Waals surface area contributed by atoms with Crippen LogP contribution in [-0.4, -0.2) is 22.3 Å². The van der Waals surface area contributed by atoms with Crippen molar-refractivity contribution in [3.05, 3.63) is 23.3 Å². The van der Waals surface area contributed by atoms with Crippen LogP contribution in [-0.2, 0) is 11.2 Å². The molecule has 0 saturated carbocycles. The van der Waals surface area contributed by atoms with Crippen molar-refractivity contribution in [3.8, 4) is 11.5 Å². The van der Waals surface area contributed by atoms with Crippen LogP contribution in [0.15, 0.2) is 12.1 Å². The summed E-state index contributed by atoms with van der Waals surface area (Å²) < 4.78 is 6.07. The summed E-state index contributed by atoms with van der Waals surface area (Å²) in [6.07, 6.45) is 4.97. The van der Waals surface area contributed by atoms with E-state index in [1.807, 2.05) is 19.9 Å². The molecule has 0 aromatic heterocycles. The second-order valence-corrected chi connectivity index (χ2v) is 7.31. The molecule has 0 aliphatic carbocycles. The van der Waals surface area contributed by atoms with Crippen molar-refractivity contribution in [2.75, 3.05) is 0 Å². The number of aryl methyl sites for hydroxylation is 1. The van der Waals surface area contributed by atoms with Gasteiger partial charge >= 0.3 is 0 Å². The van der Waals surface area contributed by atoms with Gasteiger partial charge in [-0.15, -0.1) is 0 Å². The highest BCUT2D eigenvalue weighted by Crippen LogP contribution is 2.43. The van der Waals surface area contributed by atoms with E-state index >= 15 is 0 Å². The highest BCUT2D eigenvalue weighted by Gasteiger charge is 2.44. The fraction of sp³-hybridized carbons (Fsp3) is 0.600. The molecule has 0 spiro atoms. The Kier molecular flexibility index (Phi) is 5.68. The van der Waals surface area contributed by atoms with Gasteiger partial charge in [0.2, 0.25) is 0 Å². The van der Waals surface area contributed by atoms with Gasteiger partial charge in [-0.1, -0.05) is 19.8 Å². The molecule has 132 valence electrons. The number of Topliss-reactive ketones (excluding diaryl/α,β-unsaturated/α-hetero) is 2. The van der Waals surface area contributed by atoms with E-state index in [9.17, 15) is 14.7 Å². The summed E-state index contributed by atoms with van der Waals surface area (Å²) in [6, 6.07) is 3.56. The third kappa shape index (κ3) is 3.97. The maximum Gasteiger partial charge on any atom is 0.177 e. The minimum absolute atomic E-state index is 0.00711. The highest BCUT2D eigenvalue weighted by molar-refractivity contribution is 6.04. The van der Waals surface area contributed by atoms with Gasteiger partial charge in [-0.05, 0) is 57.7 Å². The molecule has 1 aromatic rings. The SMILES string of the molecule is CCCCCc1cc(O)c2c(c1)OC(C)(C)[C@H](CCC(C)=O)C2=O. The molecule has 1 N–H and O–H groups in total. The Morgan fingerprint density at radius 1 is 1.29 bits per heavy atom. The lowest BCUT2D eigenvalue weighted by atomic mass is 9.78. The van der Waals surface area contributed by atoms with Gasteiger partial charge in [-0.3, -0.25) is 4.79 Å². The molecular formula is C20H28O4. The Hall–Kier alpha value is -1.84. The number of aromatic hydroxyl groups is 1. The van der Waals surface area contributed by atoms with Crippen LogP contribution in [0.4, 0.5) is 0 Å². The molecule has 0 saturated heterocycles. The van der Waals surface area contributed by atoms with E-state index < -0.39 is 11.5 Å². The zero-order valence-electron chi connectivity index (χ0n) is 15.1. The first kappa shape index (κ1) is 18.5. The van der Waals surface area contributed by atoms with Gasteiger partial charge < -0.3 is 14.6 Å². The van der Waals surface area contributed by atoms with Crippen molar-refractivity contribution in [2.45, 2.75) is 71.8 Å². The van der Waals surface area contributed by atoms with Crippen LogP contribution < -0.4 is 4.74 Å². The second kappa shape index (κ2) is 7.37. The number of carbonyl (C=O) groups excluding carboxylic acids is 2. The van der Waals surface area contributed by atoms with Gasteiger partial charge in [0.15, 0.2) is 5.78 Å². The number of ketones is 2. The van der Waals surface area contributed by atoms with Gasteiger partial charge in [0.25, 0.3) is 0 Å². The Morgan fingerprint density at radius 2 is 2.00 bits per heavy atom. The van der Waals surface area contributed by atoms with E-state index in [0.717, 1.165) is 31.2 Å². The van der Waals surface area contributed by atoms with Gasteiger partial charge in [-0.2, -0.15) is 0 Å². The van der Waals surface area contributed by atoms with Gasteiger partial charge in [0.1, 0.15) is 28.4 Å². The molecule has 4 nitrogen and oxygen atoms in total. The Balaban J connectivity index is 2.30. The molecule has 1 aliphatic heterocycles. The van der Waals surface area contributed by atoms with Crippen LogP contribution in [0.2, 0.25) is 0 Å². The number of carbonyl (C=O) groups is 2. The second-order valence-electron chi connectivity index (χ2n) is 7.31. The number of hydrogen-bond donors (Lipinski definition) is 1. The maximum absolute atomic E-state index is 12.9. The molecule has 1 heterocycles. The summed E-state index contributed by atoms with van der Waals surface area (Å²) in [7, 11) is 0. The number of benzene rings is 1. The summed E-state index contributed by atoms with van der Waals surface area (Å²) in [4.78, 5) is 24.2. The van der Waals surface area contributed by atoms with Crippen molar-refractivity contribution < 1.29 is 19.4 Å². The summed E-state index contributed by atoms with van der Waals surface area (Å²) in [5, 5.41) is 10.4. The number of fused-ring (bicyclic) bond motifs is 1. The first-order valence-corrected chi connectivity index (χ1v) is 8.84. The zero-order chi connectivity index (χ0) is 17.9. The van der Waals surface area contributed by atoms with Gasteiger partial charge in [-0.25, -0.2) is 0 Å². The maximum atomic E-state index is 12.9. The molecule has 4 heteroatoms. The molecule has 24 heavy (non-hydrogen) atoms. The molecule has 0 fully saturated rings. The number of ether oxygens (including phenoxy) is 1. The third-order valence-electron chi connectivity index (χ3n) is 4.77. The molecule has 0 bridgehead atoms. The Bertz CT molecular complexity index is 631. The minimum Gasteiger partial charge on any atom is -0.507 e. The number of phenolic OH excluding ortho intramolecular Hbond substituents is 1. The first-order valence-electron chi connectivity index (χ1n) is 8.84. The van der Waals surface area contributed by atoms with E-state index in [1.165, 1.54) is 6.92 Å². The zero-order valence-corrected chi connectivity index (χ0v) is 15.1. The van der Waals surface area contributed by atoms with Gasteiger partial charge in [0, 0.05) is 6.42 Å². The topological polar surface area (TPSA) is 63.6 Å². The molecular weight excluding hydrogens is 304 g/mol. The Labute approximate surface area is 144 Å². The smallest absolute Gasteiger partial charge is 0.177 e. The van der Waals surface area contributed by atoms with Crippen molar-refractivity contribution in [2.24, 2.45) is 5.92 Å². The van der Waals surface area contributed by atoms with Gasteiger partial charge in [0.05, 0.1) is 5.92 Å². The molecule has 2 rings (SSSR count). The van der Waals surface area contributed by atoms with E-state index in [0.29, 0.717) is 18.6 Å². The fourth-order valence-corrected chi connectivity index (χ4v) is 3.38. The van der Waals surface area contributed by atoms with E-state index in [1.54, 1.807) is 6.07 Å². The number of hydrogen-bond acceptors (Lipinski definition) is 4. The average molecular weight is 332 g/mol. The van der Waals surface area contributed by atoms with Crippen molar-refractivity contribution in [3.63, 3.8) is 0 Å². The summed E-state index contributed by atoms with van der Waals surface area (Å²) in [5.74, 6) is -0.0337. The predicted molar refractivity (Wildman–Crippen MR) is 93.8 cm³/mol. The van der Waals surface area contributed by atoms with Crippen molar-refractivity contribution >= 4 is 11.6 Å². The molecule has 1 aromatic carbocycles. The van der Waals surface area contributed by atoms with Crippen molar-refractivity contribution in [1.82, 2.24) is 0 Å². The van der Waals surface area contributed by atoms with E-state index in [2.05, 4.69) is 6.92 Å². The molecule has 0 radical (unpaired) electrons. The average Bonchev–Trinajstić information content (AvgIpc) is 2.45. The standard InChI is InChI=1S/C20H28O4/c1-5-6-7-8-14-11-16(22)18-17(12-14)24-20(3,4)15(19(18)23)10-9-13(2)21/h11-12,15,22H,5-10H2,1-4H3/t15-/m1/s1. The lowest BCUT2D eigenvalue weighted by Crippen LogP contribution is -2.46. The summed E-state index contributed by atoms with van der Waals surface area (Å²) in [6.45, 7) is 7.42. The Morgan fingerprint density at radius 3 is 2.62 bits per heavy atom. The lowest BCUT2D eigenvalue weighted by molar-refractivity contribution is -0.117. The minimum atomic E-state index is -0.686. The van der Waals surface area contributed by atoms with Crippen LogP contribution in [0.1, 0.15) is 75.7 Å². The normalized spacial score (nSPS) is 18.8. The third-order valence-corrected chi connectivity index (χ3v) is 4.77. The summed E-state index contributed by atoms with van der Waals surface area (Å²) in [5.41, 5.74) is 0.571. The number of unbranched alkanes of at least 4 members (excludes halogenated alkanes) is 2. The van der Waals surface area contributed by atoms with Crippen LogP contribution in [0.25, 0.3) is 0 Å². The number of rotatable bonds is 7. The molecule has 0 amide bonds. The van der Waals surface area contributed by atoms with Crippen LogP contribution in [0.3, 0.4) is 0 Å². The van der Waals surface area contributed by atoms with Crippen LogP contribution in [0.5, 0.6) is 11.5 Å². The van der Waals surface area contributed by atoms with E-state index in [4.69, 9.17) is 4.74 Å². The fourth-order valence-electron chi connectivity index (χ4n) is 3.38. The van der Waals surface area contributed by atoms with Crippen LogP contribution in [0, 0.1) is 5.92 Å². The lowest BCUT2D eigenvalue weighted by Gasteiger charge is -2.39. The first-order chi connectivity index (χ1) is 11.3. The molecule has 0 unspecified atom stereocenters. The highest BCUT2D eigenvalue weighted by atomic mass is 16.5. The largest absolute Gasteiger partial charge is 0.507 e. The monoisotopic (exact) mass is 332 g/mol. The number of phenols is 1. The summed E-state index contributed by atoms with van der Waals surface area (Å²) >= 11 is 0.